The van der Waals surface area contributed by atoms with Crippen LogP contribution in [0, 0.1) is 0 Å². The topological polar surface area (TPSA) is 60.5 Å². The lowest BCUT2D eigenvalue weighted by Crippen LogP contribution is -2.17. The van der Waals surface area contributed by atoms with E-state index < -0.39 is 0 Å². The fourth-order valence-electron chi connectivity index (χ4n) is 2.08. The summed E-state index contributed by atoms with van der Waals surface area (Å²) >= 11 is 4.87. The Bertz CT molecular complexity index is 724. The zero-order valence-corrected chi connectivity index (χ0v) is 14.2. The minimum Gasteiger partial charge on any atom is -0.486 e. The van der Waals surface area contributed by atoms with Gasteiger partial charge in [-0.05, 0) is 34.3 Å². The number of fused-ring (bicyclic) bond motifs is 1. The molecule has 1 aromatic heterocycles. The van der Waals surface area contributed by atoms with Crippen molar-refractivity contribution in [1.29, 1.82) is 0 Å². The highest BCUT2D eigenvalue weighted by atomic mass is 79.9. The monoisotopic (exact) mass is 380 g/mol. The van der Waals surface area contributed by atoms with Crippen LogP contribution in [0.2, 0.25) is 0 Å². The molecule has 1 amide bonds. The molecule has 1 aliphatic heterocycles. The van der Waals surface area contributed by atoms with E-state index in [1.165, 1.54) is 11.8 Å². The number of carbonyl (C=O) groups is 1. The number of thioether (sulfide) groups is 1. The second kappa shape index (κ2) is 6.58. The minimum atomic E-state index is -0.213. The van der Waals surface area contributed by atoms with Crippen molar-refractivity contribution in [3.8, 4) is 11.5 Å². The molecule has 0 radical (unpaired) electrons. The third-order valence-electron chi connectivity index (χ3n) is 3.09. The van der Waals surface area contributed by atoms with Crippen LogP contribution >= 0.6 is 27.7 Å². The zero-order valence-electron chi connectivity index (χ0n) is 11.8. The van der Waals surface area contributed by atoms with Gasteiger partial charge in [-0.1, -0.05) is 0 Å². The Hall–Kier alpha value is -1.73. The fraction of sp³-hybridized carbons (Fsp3) is 0.200. The van der Waals surface area contributed by atoms with Gasteiger partial charge in [-0.3, -0.25) is 4.79 Å². The third-order valence-corrected chi connectivity index (χ3v) is 4.46. The number of nitrogens with zero attached hydrogens (tertiary/aromatic N) is 1. The molecule has 0 fully saturated rings. The van der Waals surface area contributed by atoms with Crippen molar-refractivity contribution in [3.05, 3.63) is 40.5 Å². The van der Waals surface area contributed by atoms with Crippen LogP contribution < -0.4 is 14.8 Å². The normalized spacial score (nSPS) is 12.8. The van der Waals surface area contributed by atoms with Gasteiger partial charge in [-0.15, -0.1) is 11.8 Å². The van der Waals surface area contributed by atoms with Gasteiger partial charge >= 0.3 is 0 Å². The van der Waals surface area contributed by atoms with E-state index in [1.54, 1.807) is 30.5 Å². The van der Waals surface area contributed by atoms with Gasteiger partial charge in [0.15, 0.2) is 11.5 Å². The van der Waals surface area contributed by atoms with Gasteiger partial charge in [0.05, 0.1) is 11.3 Å². The highest BCUT2D eigenvalue weighted by Gasteiger charge is 2.18. The number of amides is 1. The first-order chi connectivity index (χ1) is 10.7. The summed E-state index contributed by atoms with van der Waals surface area (Å²) < 4.78 is 11.8. The van der Waals surface area contributed by atoms with Crippen molar-refractivity contribution in [2.45, 2.75) is 5.03 Å². The number of rotatable bonds is 3. The maximum absolute atomic E-state index is 12.5. The van der Waals surface area contributed by atoms with E-state index in [0.29, 0.717) is 41.0 Å². The van der Waals surface area contributed by atoms with E-state index in [0.717, 1.165) is 4.47 Å². The molecule has 0 unspecified atom stereocenters. The Morgan fingerprint density at radius 2 is 2.05 bits per heavy atom. The smallest absolute Gasteiger partial charge is 0.258 e. The molecule has 0 aliphatic carbocycles. The molecule has 2 aromatic rings. The summed E-state index contributed by atoms with van der Waals surface area (Å²) in [7, 11) is 0. The lowest BCUT2D eigenvalue weighted by atomic mass is 10.2. The predicted molar refractivity (Wildman–Crippen MR) is 89.1 cm³/mol. The van der Waals surface area contributed by atoms with Crippen LogP contribution in [-0.2, 0) is 0 Å². The molecule has 1 aromatic carbocycles. The molecule has 2 heterocycles. The molecule has 114 valence electrons. The molecule has 3 rings (SSSR count). The maximum atomic E-state index is 12.5. The molecule has 0 atom stereocenters. The van der Waals surface area contributed by atoms with Crippen molar-refractivity contribution in [1.82, 2.24) is 4.98 Å². The van der Waals surface area contributed by atoms with Gasteiger partial charge < -0.3 is 14.8 Å². The summed E-state index contributed by atoms with van der Waals surface area (Å²) in [5.74, 6) is 1.08. The van der Waals surface area contributed by atoms with Gasteiger partial charge in [0.2, 0.25) is 0 Å². The number of carbonyl (C=O) groups excluding carboxylic acids is 1. The van der Waals surface area contributed by atoms with Crippen molar-refractivity contribution >= 4 is 39.3 Å². The first kappa shape index (κ1) is 15.2. The lowest BCUT2D eigenvalue weighted by molar-refractivity contribution is 0.102. The second-order valence-corrected chi connectivity index (χ2v) is 6.14. The van der Waals surface area contributed by atoms with Crippen LogP contribution in [0.5, 0.6) is 11.5 Å². The molecule has 7 heteroatoms. The summed E-state index contributed by atoms with van der Waals surface area (Å²) in [6, 6.07) is 7.04. The summed E-state index contributed by atoms with van der Waals surface area (Å²) in [5.41, 5.74) is 1.17. The van der Waals surface area contributed by atoms with Crippen molar-refractivity contribution in [3.63, 3.8) is 0 Å². The van der Waals surface area contributed by atoms with Gasteiger partial charge in [0.25, 0.3) is 5.91 Å². The molecule has 0 spiro atoms. The summed E-state index contributed by atoms with van der Waals surface area (Å²) in [6.07, 6.45) is 3.56. The number of hydrogen-bond donors (Lipinski definition) is 1. The number of benzene rings is 1. The van der Waals surface area contributed by atoms with Crippen LogP contribution in [0.3, 0.4) is 0 Å². The average Bonchev–Trinajstić information content (AvgIpc) is 2.55. The number of anilines is 1. The van der Waals surface area contributed by atoms with Crippen molar-refractivity contribution in [2.75, 3.05) is 24.8 Å². The summed E-state index contributed by atoms with van der Waals surface area (Å²) in [6.45, 7) is 1.03. The molecule has 0 saturated carbocycles. The number of ether oxygens (including phenoxy) is 2. The summed E-state index contributed by atoms with van der Waals surface area (Å²) in [4.78, 5) is 16.7. The first-order valence-corrected chi connectivity index (χ1v) is 8.60. The molecular formula is C15H13BrN2O3S. The van der Waals surface area contributed by atoms with E-state index in [1.807, 2.05) is 6.26 Å². The van der Waals surface area contributed by atoms with Crippen LogP contribution in [0.1, 0.15) is 10.4 Å². The molecule has 0 saturated heterocycles. The van der Waals surface area contributed by atoms with E-state index in [9.17, 15) is 4.79 Å². The highest BCUT2D eigenvalue weighted by Crippen LogP contribution is 2.38. The SMILES string of the molecule is CSc1ncccc1C(=O)Nc1cc2c(cc1Br)OCCO2. The molecule has 1 N–H and O–H groups in total. The van der Waals surface area contributed by atoms with E-state index in [4.69, 9.17) is 9.47 Å². The van der Waals surface area contributed by atoms with Crippen LogP contribution in [0.4, 0.5) is 5.69 Å². The molecule has 22 heavy (non-hydrogen) atoms. The Labute approximate surface area is 140 Å². The summed E-state index contributed by atoms with van der Waals surface area (Å²) in [5, 5.41) is 3.57. The number of pyridine rings is 1. The molecular weight excluding hydrogens is 368 g/mol. The van der Waals surface area contributed by atoms with Crippen molar-refractivity contribution < 1.29 is 14.3 Å². The number of nitrogens with one attached hydrogen (secondary N) is 1. The van der Waals surface area contributed by atoms with Gasteiger partial charge in [-0.2, -0.15) is 0 Å². The number of halogens is 1. The van der Waals surface area contributed by atoms with Gasteiger partial charge in [0.1, 0.15) is 18.2 Å². The van der Waals surface area contributed by atoms with E-state index in [-0.39, 0.29) is 5.91 Å². The zero-order chi connectivity index (χ0) is 15.5. The Morgan fingerprint density at radius 3 is 2.77 bits per heavy atom. The van der Waals surface area contributed by atoms with Gasteiger partial charge in [-0.25, -0.2) is 4.98 Å². The highest BCUT2D eigenvalue weighted by molar-refractivity contribution is 9.10. The Morgan fingerprint density at radius 1 is 1.32 bits per heavy atom. The van der Waals surface area contributed by atoms with E-state index >= 15 is 0 Å². The number of aromatic nitrogens is 1. The largest absolute Gasteiger partial charge is 0.486 e. The standard InChI is InChI=1S/C15H13BrN2O3S/c1-22-15-9(3-2-4-17-15)14(19)18-11-8-13-12(7-10(11)16)20-5-6-21-13/h2-4,7-8H,5-6H2,1H3,(H,18,19). The lowest BCUT2D eigenvalue weighted by Gasteiger charge is -2.20. The Kier molecular flexibility index (Phi) is 4.54. The van der Waals surface area contributed by atoms with Crippen LogP contribution in [0.25, 0.3) is 0 Å². The predicted octanol–water partition coefficient (Wildman–Crippen LogP) is 3.59. The molecule has 0 bridgehead atoms. The fourth-order valence-corrected chi connectivity index (χ4v) is 3.04. The second-order valence-electron chi connectivity index (χ2n) is 4.49. The quantitative estimate of drug-likeness (QED) is 0.824. The van der Waals surface area contributed by atoms with Gasteiger partial charge in [0, 0.05) is 22.8 Å². The number of hydrogen-bond acceptors (Lipinski definition) is 5. The molecule has 5 nitrogen and oxygen atoms in total. The third kappa shape index (κ3) is 3.05. The molecule has 1 aliphatic rings. The van der Waals surface area contributed by atoms with Crippen molar-refractivity contribution in [2.24, 2.45) is 0 Å². The van der Waals surface area contributed by atoms with Crippen LogP contribution in [0.15, 0.2) is 40.0 Å². The van der Waals surface area contributed by atoms with Crippen LogP contribution in [-0.4, -0.2) is 30.4 Å². The average molecular weight is 381 g/mol. The van der Waals surface area contributed by atoms with E-state index in [2.05, 4.69) is 26.2 Å². The maximum Gasteiger partial charge on any atom is 0.258 e. The first-order valence-electron chi connectivity index (χ1n) is 6.58. The minimum absolute atomic E-state index is 0.213. The Balaban J connectivity index is 1.88.